The molecule has 22 heavy (non-hydrogen) atoms. The third-order valence-corrected chi connectivity index (χ3v) is 3.63. The zero-order valence-corrected chi connectivity index (χ0v) is 13.4. The molecule has 0 bridgehead atoms. The van der Waals surface area contributed by atoms with Crippen LogP contribution in [-0.2, 0) is 16.0 Å². The molecule has 0 aromatic heterocycles. The van der Waals surface area contributed by atoms with E-state index in [1.54, 1.807) is 0 Å². The maximum atomic E-state index is 11.6. The fourth-order valence-electron chi connectivity index (χ4n) is 2.62. The Labute approximate surface area is 132 Å². The second-order valence-electron chi connectivity index (χ2n) is 5.13. The van der Waals surface area contributed by atoms with Gasteiger partial charge in [0.2, 0.25) is 0 Å². The van der Waals surface area contributed by atoms with Gasteiger partial charge in [-0.15, -0.1) is 0 Å². The van der Waals surface area contributed by atoms with Gasteiger partial charge < -0.3 is 4.74 Å². The minimum atomic E-state index is -0.293. The Morgan fingerprint density at radius 2 is 1.59 bits per heavy atom. The van der Waals surface area contributed by atoms with Crippen LogP contribution in [-0.4, -0.2) is 5.97 Å². The zero-order valence-electron chi connectivity index (χ0n) is 13.4. The van der Waals surface area contributed by atoms with Crippen LogP contribution < -0.4 is 0 Å². The highest BCUT2D eigenvalue weighted by molar-refractivity contribution is 5.92. The molecule has 0 aliphatic carbocycles. The fraction of sp³-hybridized carbons (Fsp3) is 0.250. The highest BCUT2D eigenvalue weighted by Crippen LogP contribution is 2.32. The Bertz CT molecular complexity index is 669. The smallest absolute Gasteiger partial charge is 0.308 e. The molecule has 0 radical (unpaired) electrons. The van der Waals surface area contributed by atoms with Crippen molar-refractivity contribution in [3.63, 3.8) is 0 Å². The number of rotatable bonds is 5. The predicted octanol–water partition coefficient (Wildman–Crippen LogP) is 5.09. The molecular weight excluding hydrogens is 272 g/mol. The third-order valence-electron chi connectivity index (χ3n) is 3.63. The Kier molecular flexibility index (Phi) is 5.54. The van der Waals surface area contributed by atoms with Gasteiger partial charge in [0.1, 0.15) is 5.76 Å². The van der Waals surface area contributed by atoms with Crippen LogP contribution in [0.25, 0.3) is 11.3 Å². The zero-order chi connectivity index (χ0) is 15.9. The van der Waals surface area contributed by atoms with Gasteiger partial charge in [-0.3, -0.25) is 4.79 Å². The number of benzene rings is 2. The van der Waals surface area contributed by atoms with Crippen molar-refractivity contribution in [3.05, 3.63) is 71.3 Å². The highest BCUT2D eigenvalue weighted by Gasteiger charge is 2.15. The number of allylic oxidation sites excluding steroid dienone is 1. The Balaban J connectivity index is 2.66. The topological polar surface area (TPSA) is 26.3 Å². The lowest BCUT2D eigenvalue weighted by Gasteiger charge is -2.16. The van der Waals surface area contributed by atoms with E-state index in [0.717, 1.165) is 29.5 Å². The molecule has 2 aromatic rings. The van der Waals surface area contributed by atoms with Gasteiger partial charge in [-0.2, -0.15) is 0 Å². The van der Waals surface area contributed by atoms with Crippen molar-refractivity contribution >= 4 is 17.3 Å². The summed E-state index contributed by atoms with van der Waals surface area (Å²) >= 11 is 0. The second kappa shape index (κ2) is 7.60. The molecule has 0 aliphatic rings. The van der Waals surface area contributed by atoms with Gasteiger partial charge in [0.15, 0.2) is 0 Å². The van der Waals surface area contributed by atoms with E-state index in [4.69, 9.17) is 4.74 Å². The molecule has 0 heterocycles. The number of carbonyl (C=O) groups is 1. The van der Waals surface area contributed by atoms with Crippen LogP contribution in [0.2, 0.25) is 0 Å². The average Bonchev–Trinajstić information content (AvgIpc) is 2.55. The summed E-state index contributed by atoms with van der Waals surface area (Å²) in [6.07, 6.45) is 1.75. The first-order chi connectivity index (χ1) is 10.7. The van der Waals surface area contributed by atoms with Crippen molar-refractivity contribution in [1.29, 1.82) is 0 Å². The lowest BCUT2D eigenvalue weighted by molar-refractivity contribution is -0.134. The van der Waals surface area contributed by atoms with E-state index >= 15 is 0 Å². The molecule has 2 rings (SSSR count). The molecule has 0 N–H and O–H groups in total. The Morgan fingerprint density at radius 3 is 2.18 bits per heavy atom. The second-order valence-corrected chi connectivity index (χ2v) is 5.13. The van der Waals surface area contributed by atoms with Gasteiger partial charge in [-0.05, 0) is 24.0 Å². The first-order valence-electron chi connectivity index (χ1n) is 7.72. The molecule has 0 fully saturated rings. The first kappa shape index (κ1) is 16.0. The van der Waals surface area contributed by atoms with E-state index in [9.17, 15) is 4.79 Å². The fourth-order valence-corrected chi connectivity index (χ4v) is 2.62. The van der Waals surface area contributed by atoms with Crippen LogP contribution in [0.15, 0.2) is 54.6 Å². The molecule has 0 unspecified atom stereocenters. The summed E-state index contributed by atoms with van der Waals surface area (Å²) in [4.78, 5) is 11.6. The minimum Gasteiger partial charge on any atom is -0.426 e. The largest absolute Gasteiger partial charge is 0.426 e. The van der Waals surface area contributed by atoms with Crippen molar-refractivity contribution < 1.29 is 9.53 Å². The molecule has 0 atom stereocenters. The minimum absolute atomic E-state index is 0.293. The van der Waals surface area contributed by atoms with Gasteiger partial charge in [-0.1, -0.05) is 68.4 Å². The molecular formula is C20H22O2. The van der Waals surface area contributed by atoms with E-state index in [0.29, 0.717) is 5.76 Å². The lowest BCUT2D eigenvalue weighted by Crippen LogP contribution is -2.03. The van der Waals surface area contributed by atoms with E-state index in [2.05, 4.69) is 26.0 Å². The molecule has 0 saturated carbocycles. The number of esters is 1. The highest BCUT2D eigenvalue weighted by atomic mass is 16.5. The van der Waals surface area contributed by atoms with Crippen LogP contribution >= 0.6 is 0 Å². The number of carbonyl (C=O) groups excluding carboxylic acids is 1. The summed E-state index contributed by atoms with van der Waals surface area (Å²) in [5.41, 5.74) is 4.42. The van der Waals surface area contributed by atoms with Gasteiger partial charge in [0.05, 0.1) is 0 Å². The predicted molar refractivity (Wildman–Crippen MR) is 91.1 cm³/mol. The number of aryl methyl sites for hydroxylation is 1. The van der Waals surface area contributed by atoms with E-state index in [1.807, 2.05) is 42.5 Å². The van der Waals surface area contributed by atoms with E-state index < -0.39 is 0 Å². The maximum Gasteiger partial charge on any atom is 0.308 e. The van der Waals surface area contributed by atoms with Crippen LogP contribution in [0, 0.1) is 0 Å². The van der Waals surface area contributed by atoms with Crippen molar-refractivity contribution in [2.24, 2.45) is 0 Å². The molecule has 0 aliphatic heterocycles. The summed E-state index contributed by atoms with van der Waals surface area (Å²) in [7, 11) is 0. The SMILES string of the molecule is CCC(=C(OC(C)=O)c1ccccc1)c1ccccc1CC. The quantitative estimate of drug-likeness (QED) is 0.436. The van der Waals surface area contributed by atoms with Crippen LogP contribution in [0.5, 0.6) is 0 Å². The average molecular weight is 294 g/mol. The molecule has 0 saturated heterocycles. The summed E-state index contributed by atoms with van der Waals surface area (Å²) in [6.45, 7) is 5.68. The molecule has 114 valence electrons. The third kappa shape index (κ3) is 3.64. The van der Waals surface area contributed by atoms with E-state index in [-0.39, 0.29) is 5.97 Å². The van der Waals surface area contributed by atoms with Crippen LogP contribution in [0.4, 0.5) is 0 Å². The van der Waals surface area contributed by atoms with Crippen molar-refractivity contribution in [3.8, 4) is 0 Å². The van der Waals surface area contributed by atoms with Crippen molar-refractivity contribution in [1.82, 2.24) is 0 Å². The summed E-state index contributed by atoms with van der Waals surface area (Å²) in [6, 6.07) is 18.1. The van der Waals surface area contributed by atoms with Crippen molar-refractivity contribution in [2.75, 3.05) is 0 Å². The summed E-state index contributed by atoms with van der Waals surface area (Å²) < 4.78 is 5.58. The maximum absolute atomic E-state index is 11.6. The molecule has 2 nitrogen and oxygen atoms in total. The first-order valence-corrected chi connectivity index (χ1v) is 7.72. The summed E-state index contributed by atoms with van der Waals surface area (Å²) in [5.74, 6) is 0.371. The monoisotopic (exact) mass is 294 g/mol. The lowest BCUT2D eigenvalue weighted by atomic mass is 9.93. The van der Waals surface area contributed by atoms with Crippen molar-refractivity contribution in [2.45, 2.75) is 33.6 Å². The number of hydrogen-bond acceptors (Lipinski definition) is 2. The standard InChI is InChI=1S/C20H22O2/c1-4-16-11-9-10-14-19(16)18(5-2)20(22-15(3)21)17-12-7-6-8-13-17/h6-14H,4-5H2,1-3H3. The van der Waals surface area contributed by atoms with E-state index in [1.165, 1.54) is 12.5 Å². The Morgan fingerprint density at radius 1 is 0.955 bits per heavy atom. The van der Waals surface area contributed by atoms with Crippen LogP contribution in [0.3, 0.4) is 0 Å². The molecule has 0 amide bonds. The van der Waals surface area contributed by atoms with Gasteiger partial charge in [0, 0.05) is 18.1 Å². The van der Waals surface area contributed by atoms with Crippen LogP contribution in [0.1, 0.15) is 43.9 Å². The number of hydrogen-bond donors (Lipinski definition) is 0. The molecule has 2 aromatic carbocycles. The Hall–Kier alpha value is -2.35. The van der Waals surface area contributed by atoms with Gasteiger partial charge in [-0.25, -0.2) is 0 Å². The molecule has 2 heteroatoms. The molecule has 0 spiro atoms. The summed E-state index contributed by atoms with van der Waals surface area (Å²) in [5, 5.41) is 0. The number of ether oxygens (including phenoxy) is 1. The van der Waals surface area contributed by atoms with Gasteiger partial charge >= 0.3 is 5.97 Å². The van der Waals surface area contributed by atoms with Gasteiger partial charge in [0.25, 0.3) is 0 Å². The normalized spacial score (nSPS) is 11.8.